The zero-order valence-corrected chi connectivity index (χ0v) is 5.64. The molecule has 0 radical (unpaired) electrons. The summed E-state index contributed by atoms with van der Waals surface area (Å²) in [5.74, 6) is -1.57. The Kier molecular flexibility index (Phi) is 1.38. The van der Waals surface area contributed by atoms with Gasteiger partial charge in [0.2, 0.25) is 11.8 Å². The standard InChI is InChI=1S/C5H10N4O/c1-3-2-4(10)9-5(6,7)8-3/h2,8H,6-7H2,1H3,(H,9,10). The quantitative estimate of drug-likeness (QED) is 0.298. The van der Waals surface area contributed by atoms with E-state index in [-0.39, 0.29) is 5.91 Å². The van der Waals surface area contributed by atoms with Crippen molar-refractivity contribution in [2.45, 2.75) is 12.8 Å². The topological polar surface area (TPSA) is 93.2 Å². The Balaban J connectivity index is 2.80. The Morgan fingerprint density at radius 1 is 1.50 bits per heavy atom. The first-order chi connectivity index (χ1) is 4.49. The molecule has 1 aliphatic heterocycles. The average molecular weight is 142 g/mol. The third-order valence-corrected chi connectivity index (χ3v) is 1.08. The normalized spacial score (nSPS) is 22.7. The third kappa shape index (κ3) is 1.46. The summed E-state index contributed by atoms with van der Waals surface area (Å²) >= 11 is 0. The van der Waals surface area contributed by atoms with Crippen LogP contribution in [0.4, 0.5) is 0 Å². The first kappa shape index (κ1) is 7.04. The Morgan fingerprint density at radius 3 is 2.50 bits per heavy atom. The minimum Gasteiger partial charge on any atom is -0.341 e. The number of amides is 1. The highest BCUT2D eigenvalue weighted by molar-refractivity contribution is 5.89. The van der Waals surface area contributed by atoms with E-state index in [4.69, 9.17) is 11.5 Å². The molecule has 0 aromatic rings. The fourth-order valence-corrected chi connectivity index (χ4v) is 0.830. The number of hydrogen-bond acceptors (Lipinski definition) is 4. The highest BCUT2D eigenvalue weighted by Crippen LogP contribution is 1.96. The van der Waals surface area contributed by atoms with Gasteiger partial charge in [0, 0.05) is 11.8 Å². The summed E-state index contributed by atoms with van der Waals surface area (Å²) in [6, 6.07) is 0. The summed E-state index contributed by atoms with van der Waals surface area (Å²) in [6.07, 6.45) is 1.39. The van der Waals surface area contributed by atoms with Crippen molar-refractivity contribution in [3.63, 3.8) is 0 Å². The fourth-order valence-electron chi connectivity index (χ4n) is 0.830. The van der Waals surface area contributed by atoms with Gasteiger partial charge in [-0.2, -0.15) is 0 Å². The van der Waals surface area contributed by atoms with Gasteiger partial charge < -0.3 is 10.6 Å². The second kappa shape index (κ2) is 1.96. The molecule has 0 spiro atoms. The van der Waals surface area contributed by atoms with E-state index in [1.54, 1.807) is 6.92 Å². The minimum absolute atomic E-state index is 0.277. The van der Waals surface area contributed by atoms with Gasteiger partial charge in [-0.15, -0.1) is 0 Å². The number of allylic oxidation sites excluding steroid dienone is 1. The lowest BCUT2D eigenvalue weighted by molar-refractivity contribution is -0.119. The van der Waals surface area contributed by atoms with E-state index in [2.05, 4.69) is 10.6 Å². The maximum Gasteiger partial charge on any atom is 0.249 e. The molecule has 0 saturated heterocycles. The lowest BCUT2D eigenvalue weighted by atomic mass is 10.3. The van der Waals surface area contributed by atoms with Gasteiger partial charge in [-0.05, 0) is 6.92 Å². The van der Waals surface area contributed by atoms with Crippen LogP contribution >= 0.6 is 0 Å². The van der Waals surface area contributed by atoms with E-state index in [0.717, 1.165) is 0 Å². The molecule has 0 atom stereocenters. The lowest BCUT2D eigenvalue weighted by Gasteiger charge is -2.30. The SMILES string of the molecule is CC1=CC(=O)NC(N)(N)N1. The van der Waals surface area contributed by atoms with Crippen LogP contribution in [0.15, 0.2) is 11.8 Å². The second-order valence-electron chi connectivity index (χ2n) is 2.31. The molecule has 1 rings (SSSR count). The van der Waals surface area contributed by atoms with Crippen LogP contribution in [-0.2, 0) is 4.79 Å². The van der Waals surface area contributed by atoms with E-state index in [1.807, 2.05) is 0 Å². The van der Waals surface area contributed by atoms with Crippen LogP contribution in [-0.4, -0.2) is 11.8 Å². The summed E-state index contributed by atoms with van der Waals surface area (Å²) < 4.78 is 0. The Morgan fingerprint density at radius 2 is 2.10 bits per heavy atom. The van der Waals surface area contributed by atoms with Crippen molar-refractivity contribution < 1.29 is 4.79 Å². The molecule has 0 unspecified atom stereocenters. The Labute approximate surface area is 58.4 Å². The molecule has 0 bridgehead atoms. The predicted octanol–water partition coefficient (Wildman–Crippen LogP) is -1.86. The number of nitrogens with one attached hydrogen (secondary N) is 2. The largest absolute Gasteiger partial charge is 0.341 e. The highest BCUT2D eigenvalue weighted by atomic mass is 16.2. The molecular weight excluding hydrogens is 132 g/mol. The number of hydrogen-bond donors (Lipinski definition) is 4. The first-order valence-electron chi connectivity index (χ1n) is 2.86. The van der Waals surface area contributed by atoms with Gasteiger partial charge in [0.05, 0.1) is 0 Å². The molecule has 6 N–H and O–H groups in total. The van der Waals surface area contributed by atoms with Crippen molar-refractivity contribution in [2.75, 3.05) is 0 Å². The smallest absolute Gasteiger partial charge is 0.249 e. The summed E-state index contributed by atoms with van der Waals surface area (Å²) in [5, 5.41) is 4.99. The van der Waals surface area contributed by atoms with E-state index in [0.29, 0.717) is 5.70 Å². The van der Waals surface area contributed by atoms with E-state index in [9.17, 15) is 4.79 Å². The predicted molar refractivity (Wildman–Crippen MR) is 36.1 cm³/mol. The van der Waals surface area contributed by atoms with Crippen LogP contribution in [0.3, 0.4) is 0 Å². The average Bonchev–Trinajstić information content (AvgIpc) is 1.54. The molecule has 0 aliphatic carbocycles. The lowest BCUT2D eigenvalue weighted by Crippen LogP contribution is -2.73. The van der Waals surface area contributed by atoms with Gasteiger partial charge >= 0.3 is 0 Å². The molecular formula is C5H10N4O. The van der Waals surface area contributed by atoms with Gasteiger partial charge in [-0.1, -0.05) is 0 Å². The zero-order valence-electron chi connectivity index (χ0n) is 5.64. The van der Waals surface area contributed by atoms with Gasteiger partial charge in [0.15, 0.2) is 0 Å². The summed E-state index contributed by atoms with van der Waals surface area (Å²) in [7, 11) is 0. The highest BCUT2D eigenvalue weighted by Gasteiger charge is 2.24. The van der Waals surface area contributed by atoms with Crippen LogP contribution in [0.1, 0.15) is 6.92 Å². The van der Waals surface area contributed by atoms with Gasteiger partial charge in [0.1, 0.15) is 0 Å². The summed E-state index contributed by atoms with van der Waals surface area (Å²) in [5.41, 5.74) is 11.4. The number of carbonyl (C=O) groups excluding carboxylic acids is 1. The van der Waals surface area contributed by atoms with Crippen LogP contribution in [0.5, 0.6) is 0 Å². The first-order valence-corrected chi connectivity index (χ1v) is 2.86. The zero-order chi connectivity index (χ0) is 7.78. The second-order valence-corrected chi connectivity index (χ2v) is 2.31. The van der Waals surface area contributed by atoms with E-state index in [1.165, 1.54) is 6.08 Å². The van der Waals surface area contributed by atoms with Crippen molar-refractivity contribution in [1.82, 2.24) is 10.6 Å². The van der Waals surface area contributed by atoms with Gasteiger partial charge in [0.25, 0.3) is 0 Å². The van der Waals surface area contributed by atoms with Gasteiger partial charge in [-0.25, -0.2) is 0 Å². The molecule has 0 fully saturated rings. The number of rotatable bonds is 0. The van der Waals surface area contributed by atoms with E-state index < -0.39 is 5.91 Å². The van der Waals surface area contributed by atoms with E-state index >= 15 is 0 Å². The van der Waals surface area contributed by atoms with Crippen molar-refractivity contribution in [3.05, 3.63) is 11.8 Å². The molecule has 0 aromatic heterocycles. The summed E-state index contributed by atoms with van der Waals surface area (Å²) in [4.78, 5) is 10.7. The molecule has 1 aliphatic rings. The molecule has 10 heavy (non-hydrogen) atoms. The Bertz CT molecular complexity index is 196. The molecule has 5 nitrogen and oxygen atoms in total. The van der Waals surface area contributed by atoms with Crippen molar-refractivity contribution in [1.29, 1.82) is 0 Å². The Hall–Kier alpha value is -1.07. The van der Waals surface area contributed by atoms with Crippen LogP contribution < -0.4 is 22.1 Å². The molecule has 0 saturated carbocycles. The monoisotopic (exact) mass is 142 g/mol. The number of nitrogens with two attached hydrogens (primary N) is 2. The molecule has 56 valence electrons. The minimum atomic E-state index is -1.30. The maximum absolute atomic E-state index is 10.7. The van der Waals surface area contributed by atoms with Gasteiger partial charge in [-0.3, -0.25) is 16.3 Å². The van der Waals surface area contributed by atoms with Crippen LogP contribution in [0, 0.1) is 0 Å². The van der Waals surface area contributed by atoms with Crippen molar-refractivity contribution in [2.24, 2.45) is 11.5 Å². The maximum atomic E-state index is 10.7. The van der Waals surface area contributed by atoms with Crippen LogP contribution in [0.25, 0.3) is 0 Å². The molecule has 5 heteroatoms. The fraction of sp³-hybridized carbons (Fsp3) is 0.400. The molecule has 1 heterocycles. The van der Waals surface area contributed by atoms with Crippen LogP contribution in [0.2, 0.25) is 0 Å². The molecule has 1 amide bonds. The number of carbonyl (C=O) groups is 1. The summed E-state index contributed by atoms with van der Waals surface area (Å²) in [6.45, 7) is 1.72. The molecule has 0 aromatic carbocycles. The van der Waals surface area contributed by atoms with Crippen molar-refractivity contribution in [3.8, 4) is 0 Å². The third-order valence-electron chi connectivity index (χ3n) is 1.08. The van der Waals surface area contributed by atoms with Crippen molar-refractivity contribution >= 4 is 5.91 Å².